The molecule has 94 valence electrons. The summed E-state index contributed by atoms with van der Waals surface area (Å²) in [6.45, 7) is 4.13. The van der Waals surface area contributed by atoms with E-state index >= 15 is 0 Å². The van der Waals surface area contributed by atoms with Crippen LogP contribution in [0.3, 0.4) is 0 Å². The minimum Gasteiger partial charge on any atom is -0.504 e. The smallest absolute Gasteiger partial charge is 0.162 e. The van der Waals surface area contributed by atoms with E-state index in [-0.39, 0.29) is 5.75 Å². The van der Waals surface area contributed by atoms with Crippen LogP contribution in [0.2, 0.25) is 0 Å². The average Bonchev–Trinajstić information content (AvgIpc) is 2.35. The Bertz CT molecular complexity index is 564. The Hall–Kier alpha value is -2.16. The SMILES string of the molecule is COc1cc(Nc2ccc(C)cc2C)ccc1O. The van der Waals surface area contributed by atoms with Gasteiger partial charge in [0, 0.05) is 17.4 Å². The molecule has 0 aromatic heterocycles. The Kier molecular flexibility index (Phi) is 3.42. The third-order valence-electron chi connectivity index (χ3n) is 2.84. The van der Waals surface area contributed by atoms with Crippen molar-refractivity contribution in [2.75, 3.05) is 12.4 Å². The minimum atomic E-state index is 0.142. The molecule has 0 spiro atoms. The second kappa shape index (κ2) is 5.00. The maximum atomic E-state index is 9.54. The lowest BCUT2D eigenvalue weighted by atomic mass is 10.1. The van der Waals surface area contributed by atoms with Crippen molar-refractivity contribution >= 4 is 11.4 Å². The van der Waals surface area contributed by atoms with Crippen LogP contribution in [-0.2, 0) is 0 Å². The molecule has 2 aromatic rings. The number of phenolic OH excluding ortho intramolecular Hbond substituents is 1. The number of aryl methyl sites for hydroxylation is 2. The van der Waals surface area contributed by atoms with Crippen LogP contribution in [-0.4, -0.2) is 12.2 Å². The normalized spacial score (nSPS) is 10.2. The van der Waals surface area contributed by atoms with Crippen molar-refractivity contribution in [2.24, 2.45) is 0 Å². The maximum absolute atomic E-state index is 9.54. The average molecular weight is 243 g/mol. The summed E-state index contributed by atoms with van der Waals surface area (Å²) in [6, 6.07) is 11.4. The molecule has 0 bridgehead atoms. The molecule has 0 saturated heterocycles. The van der Waals surface area contributed by atoms with Gasteiger partial charge in [0.15, 0.2) is 11.5 Å². The highest BCUT2D eigenvalue weighted by Gasteiger charge is 2.04. The molecule has 2 N–H and O–H groups in total. The van der Waals surface area contributed by atoms with Gasteiger partial charge in [-0.1, -0.05) is 17.7 Å². The molecule has 0 aliphatic heterocycles. The molecular formula is C15H17NO2. The molecule has 0 aliphatic rings. The maximum Gasteiger partial charge on any atom is 0.162 e. The first-order valence-corrected chi connectivity index (χ1v) is 5.81. The number of nitrogens with one attached hydrogen (secondary N) is 1. The lowest BCUT2D eigenvalue weighted by Gasteiger charge is -2.12. The summed E-state index contributed by atoms with van der Waals surface area (Å²) in [5, 5.41) is 12.8. The van der Waals surface area contributed by atoms with Crippen LogP contribution in [0.5, 0.6) is 11.5 Å². The van der Waals surface area contributed by atoms with Crippen LogP contribution in [0.15, 0.2) is 36.4 Å². The largest absolute Gasteiger partial charge is 0.504 e. The summed E-state index contributed by atoms with van der Waals surface area (Å²) in [4.78, 5) is 0. The van der Waals surface area contributed by atoms with Gasteiger partial charge in [0.25, 0.3) is 0 Å². The highest BCUT2D eigenvalue weighted by Crippen LogP contribution is 2.30. The number of rotatable bonds is 3. The highest BCUT2D eigenvalue weighted by molar-refractivity contribution is 5.66. The zero-order chi connectivity index (χ0) is 13.1. The van der Waals surface area contributed by atoms with Crippen molar-refractivity contribution in [2.45, 2.75) is 13.8 Å². The number of phenols is 1. The van der Waals surface area contributed by atoms with E-state index in [1.165, 1.54) is 18.2 Å². The Labute approximate surface area is 107 Å². The van der Waals surface area contributed by atoms with Crippen molar-refractivity contribution < 1.29 is 9.84 Å². The van der Waals surface area contributed by atoms with Crippen molar-refractivity contribution in [3.05, 3.63) is 47.5 Å². The Morgan fingerprint density at radius 2 is 1.83 bits per heavy atom. The molecule has 0 atom stereocenters. The second-order valence-electron chi connectivity index (χ2n) is 4.33. The van der Waals surface area contributed by atoms with Gasteiger partial charge in [-0.2, -0.15) is 0 Å². The molecule has 0 aliphatic carbocycles. The summed E-state index contributed by atoms with van der Waals surface area (Å²) in [7, 11) is 1.54. The van der Waals surface area contributed by atoms with Crippen LogP contribution >= 0.6 is 0 Å². The number of benzene rings is 2. The van der Waals surface area contributed by atoms with Crippen molar-refractivity contribution in [3.63, 3.8) is 0 Å². The summed E-state index contributed by atoms with van der Waals surface area (Å²) >= 11 is 0. The van der Waals surface area contributed by atoms with Crippen molar-refractivity contribution in [1.82, 2.24) is 0 Å². The molecule has 0 amide bonds. The quantitative estimate of drug-likeness (QED) is 0.806. The van der Waals surface area contributed by atoms with E-state index in [4.69, 9.17) is 4.74 Å². The topological polar surface area (TPSA) is 41.5 Å². The van der Waals surface area contributed by atoms with Gasteiger partial charge in [-0.15, -0.1) is 0 Å². The van der Waals surface area contributed by atoms with Gasteiger partial charge in [0.1, 0.15) is 0 Å². The zero-order valence-corrected chi connectivity index (χ0v) is 10.8. The summed E-state index contributed by atoms with van der Waals surface area (Å²) in [5.41, 5.74) is 4.35. The van der Waals surface area contributed by atoms with Crippen molar-refractivity contribution in [3.8, 4) is 11.5 Å². The standard InChI is InChI=1S/C15H17NO2/c1-10-4-6-13(11(2)8-10)16-12-5-7-14(17)15(9-12)18-3/h4-9,16-17H,1-3H3. The highest BCUT2D eigenvalue weighted by atomic mass is 16.5. The molecule has 0 fully saturated rings. The van der Waals surface area contributed by atoms with E-state index in [9.17, 15) is 5.11 Å². The fraction of sp³-hybridized carbons (Fsp3) is 0.200. The third-order valence-corrected chi connectivity index (χ3v) is 2.84. The predicted molar refractivity (Wildman–Crippen MR) is 73.9 cm³/mol. The summed E-state index contributed by atoms with van der Waals surface area (Å²) in [6.07, 6.45) is 0. The van der Waals surface area contributed by atoms with Gasteiger partial charge < -0.3 is 15.2 Å². The first-order valence-electron chi connectivity index (χ1n) is 5.81. The van der Waals surface area contributed by atoms with Crippen LogP contribution in [0, 0.1) is 13.8 Å². The van der Waals surface area contributed by atoms with E-state index in [2.05, 4.69) is 31.3 Å². The van der Waals surface area contributed by atoms with Crippen LogP contribution in [0.1, 0.15) is 11.1 Å². The first-order chi connectivity index (χ1) is 8.60. The Balaban J connectivity index is 2.28. The van der Waals surface area contributed by atoms with Gasteiger partial charge in [0.2, 0.25) is 0 Å². The number of hydrogen-bond acceptors (Lipinski definition) is 3. The van der Waals surface area contributed by atoms with Gasteiger partial charge in [0.05, 0.1) is 7.11 Å². The predicted octanol–water partition coefficient (Wildman–Crippen LogP) is 3.76. The molecule has 2 aromatic carbocycles. The molecule has 2 rings (SSSR count). The van der Waals surface area contributed by atoms with Crippen LogP contribution in [0.4, 0.5) is 11.4 Å². The van der Waals surface area contributed by atoms with Crippen LogP contribution < -0.4 is 10.1 Å². The fourth-order valence-corrected chi connectivity index (χ4v) is 1.86. The molecule has 0 unspecified atom stereocenters. The Morgan fingerprint density at radius 1 is 1.06 bits per heavy atom. The number of aromatic hydroxyl groups is 1. The monoisotopic (exact) mass is 243 g/mol. The van der Waals surface area contributed by atoms with E-state index in [0.717, 1.165) is 11.4 Å². The minimum absolute atomic E-state index is 0.142. The van der Waals surface area contributed by atoms with E-state index in [0.29, 0.717) is 5.75 Å². The first kappa shape index (κ1) is 12.3. The summed E-state index contributed by atoms with van der Waals surface area (Å²) in [5.74, 6) is 0.605. The van der Waals surface area contributed by atoms with Gasteiger partial charge >= 0.3 is 0 Å². The van der Waals surface area contributed by atoms with Crippen LogP contribution in [0.25, 0.3) is 0 Å². The third kappa shape index (κ3) is 2.56. The number of methoxy groups -OCH3 is 1. The van der Waals surface area contributed by atoms with Gasteiger partial charge in [-0.3, -0.25) is 0 Å². The second-order valence-corrected chi connectivity index (χ2v) is 4.33. The zero-order valence-electron chi connectivity index (χ0n) is 10.8. The Morgan fingerprint density at radius 3 is 2.50 bits per heavy atom. The molecule has 0 heterocycles. The molecule has 0 saturated carbocycles. The van der Waals surface area contributed by atoms with E-state index in [1.807, 2.05) is 12.1 Å². The lowest BCUT2D eigenvalue weighted by Crippen LogP contribution is -1.94. The lowest BCUT2D eigenvalue weighted by molar-refractivity contribution is 0.374. The number of hydrogen-bond donors (Lipinski definition) is 2. The number of ether oxygens (including phenoxy) is 1. The molecular weight excluding hydrogens is 226 g/mol. The van der Waals surface area contributed by atoms with Crippen molar-refractivity contribution in [1.29, 1.82) is 0 Å². The number of anilines is 2. The van der Waals surface area contributed by atoms with E-state index in [1.54, 1.807) is 12.1 Å². The van der Waals surface area contributed by atoms with Gasteiger partial charge in [-0.05, 0) is 37.6 Å². The summed E-state index contributed by atoms with van der Waals surface area (Å²) < 4.78 is 5.08. The molecule has 3 nitrogen and oxygen atoms in total. The fourth-order valence-electron chi connectivity index (χ4n) is 1.86. The molecule has 3 heteroatoms. The molecule has 18 heavy (non-hydrogen) atoms. The van der Waals surface area contributed by atoms with Gasteiger partial charge in [-0.25, -0.2) is 0 Å². The molecule has 0 radical (unpaired) electrons. The van der Waals surface area contributed by atoms with E-state index < -0.39 is 0 Å².